The van der Waals surface area contributed by atoms with Gasteiger partial charge in [0, 0.05) is 7.26 Å². The number of benzene rings is 1. The van der Waals surface area contributed by atoms with Crippen LogP contribution in [0.2, 0.25) is 0 Å². The van der Waals surface area contributed by atoms with Crippen LogP contribution in [0.4, 0.5) is 0 Å². The van der Waals surface area contributed by atoms with E-state index in [1.165, 1.54) is 13.2 Å². The topological polar surface area (TPSA) is 49.4 Å². The van der Waals surface area contributed by atoms with Gasteiger partial charge in [0.15, 0.2) is 0 Å². The smallest absolute Gasteiger partial charge is 0.334 e. The molecule has 0 radical (unpaired) electrons. The quantitative estimate of drug-likeness (QED) is 0.473. The molecule has 0 aromatic heterocycles. The first-order chi connectivity index (χ1) is 8.84. The molecule has 0 amide bonds. The van der Waals surface area contributed by atoms with Gasteiger partial charge in [-0.1, -0.05) is 42.0 Å². The Bertz CT molecular complexity index is 446. The number of methoxy groups -OCH3 is 1. The number of rotatable bonds is 5. The van der Waals surface area contributed by atoms with Crippen LogP contribution < -0.4 is 5.11 Å². The van der Waals surface area contributed by atoms with Crippen LogP contribution in [0, 0.1) is 0 Å². The number of hydrogen-bond acceptors (Lipinski definition) is 3. The zero-order chi connectivity index (χ0) is 14.5. The summed E-state index contributed by atoms with van der Waals surface area (Å²) < 4.78 is 4.66. The zero-order valence-electron chi connectivity index (χ0n) is 11.9. The van der Waals surface area contributed by atoms with Crippen LogP contribution in [0.25, 0.3) is 0 Å². The predicted octanol–water partition coefficient (Wildman–Crippen LogP) is 2.44. The van der Waals surface area contributed by atoms with Crippen molar-refractivity contribution in [2.75, 3.05) is 27.1 Å². The summed E-state index contributed by atoms with van der Waals surface area (Å²) in [6.45, 7) is 6.29. The number of carbonyl (C=O) groups is 1. The fourth-order valence-electron chi connectivity index (χ4n) is 1.70. The number of carbonyl (C=O) groups excluding carboxylic acids is 1. The summed E-state index contributed by atoms with van der Waals surface area (Å²) in [7, 11) is -0.0563. The first-order valence-electron chi connectivity index (χ1n) is 6.16. The van der Waals surface area contributed by atoms with Gasteiger partial charge < -0.3 is 9.84 Å². The van der Waals surface area contributed by atoms with Gasteiger partial charge in [0.1, 0.15) is 0 Å². The molecule has 4 heteroatoms. The molecule has 0 fully saturated rings. The Hall–Kier alpha value is -1.18. The third-order valence-corrected chi connectivity index (χ3v) is 4.95. The second kappa shape index (κ2) is 6.83. The van der Waals surface area contributed by atoms with Crippen molar-refractivity contribution in [3.63, 3.8) is 0 Å². The minimum absolute atomic E-state index is 0.358. The van der Waals surface area contributed by atoms with E-state index < -0.39 is 13.4 Å². The highest BCUT2D eigenvalue weighted by molar-refractivity contribution is 7.77. The fourth-order valence-corrected chi connectivity index (χ4v) is 2.90. The van der Waals surface area contributed by atoms with Crippen molar-refractivity contribution in [1.29, 1.82) is 0 Å². The molecule has 0 aliphatic heterocycles. The lowest BCUT2D eigenvalue weighted by molar-refractivity contribution is -0.425. The van der Waals surface area contributed by atoms with Gasteiger partial charge in [-0.2, -0.15) is 0 Å². The van der Waals surface area contributed by atoms with Gasteiger partial charge in [-0.3, -0.25) is 0 Å². The molecule has 0 saturated carbocycles. The molecule has 0 aliphatic carbocycles. The Kier molecular flexibility index (Phi) is 5.71. The summed E-state index contributed by atoms with van der Waals surface area (Å²) in [5.41, 5.74) is 0.756. The van der Waals surface area contributed by atoms with Crippen LogP contribution in [0.15, 0.2) is 41.7 Å². The third-order valence-electron chi connectivity index (χ3n) is 2.91. The van der Waals surface area contributed by atoms with Crippen LogP contribution in [0.5, 0.6) is 0 Å². The number of hydrogen-bond donors (Lipinski definition) is 0. The van der Waals surface area contributed by atoms with E-state index in [9.17, 15) is 9.90 Å². The standard InChI is InChI=1S/C15H21O3P/c1-18-15(17)11-13(19(2,3)4)10-14(16)12-8-6-5-7-9-12/h5-9,11,14H,10H2,1-4H3/b13-11-. The van der Waals surface area contributed by atoms with Crippen LogP contribution in [-0.2, 0) is 9.53 Å². The SMILES string of the molecule is COC(=O)/C=C(/CC([O-])c1ccccc1)[P+](C)(C)C. The highest BCUT2D eigenvalue weighted by Crippen LogP contribution is 2.57. The van der Waals surface area contributed by atoms with Crippen LogP contribution in [0.1, 0.15) is 18.1 Å². The maximum absolute atomic E-state index is 12.3. The molecule has 0 saturated heterocycles. The van der Waals surface area contributed by atoms with E-state index in [4.69, 9.17) is 0 Å². The van der Waals surface area contributed by atoms with E-state index in [0.717, 1.165) is 10.9 Å². The van der Waals surface area contributed by atoms with Crippen molar-refractivity contribution in [1.82, 2.24) is 0 Å². The molecule has 1 atom stereocenters. The molecule has 0 bridgehead atoms. The Morgan fingerprint density at radius 1 is 1.32 bits per heavy atom. The maximum Gasteiger partial charge on any atom is 0.334 e. The summed E-state index contributed by atoms with van der Waals surface area (Å²) in [6, 6.07) is 9.26. The molecular formula is C15H21O3P. The van der Waals surface area contributed by atoms with E-state index >= 15 is 0 Å². The number of ether oxygens (including phenoxy) is 1. The summed E-state index contributed by atoms with van der Waals surface area (Å²) >= 11 is 0. The largest absolute Gasteiger partial charge is 0.848 e. The summed E-state index contributed by atoms with van der Waals surface area (Å²) in [4.78, 5) is 11.4. The molecule has 1 aromatic carbocycles. The van der Waals surface area contributed by atoms with Crippen molar-refractivity contribution < 1.29 is 14.6 Å². The molecule has 1 rings (SSSR count). The molecule has 1 aromatic rings. The van der Waals surface area contributed by atoms with Crippen molar-refractivity contribution in [3.05, 3.63) is 47.3 Å². The monoisotopic (exact) mass is 280 g/mol. The third kappa shape index (κ3) is 5.14. The highest BCUT2D eigenvalue weighted by Gasteiger charge is 2.26. The van der Waals surface area contributed by atoms with Crippen molar-refractivity contribution in [2.24, 2.45) is 0 Å². The zero-order valence-corrected chi connectivity index (χ0v) is 12.8. The molecule has 3 nitrogen and oxygen atoms in total. The lowest BCUT2D eigenvalue weighted by Crippen LogP contribution is -2.17. The first-order valence-corrected chi connectivity index (χ1v) is 9.29. The van der Waals surface area contributed by atoms with Gasteiger partial charge in [-0.15, -0.1) is 0 Å². The molecule has 0 N–H and O–H groups in total. The molecule has 19 heavy (non-hydrogen) atoms. The molecule has 0 spiro atoms. The van der Waals surface area contributed by atoms with Crippen molar-refractivity contribution in [3.8, 4) is 0 Å². The van der Waals surface area contributed by atoms with Crippen LogP contribution in [-0.4, -0.2) is 33.1 Å². The Balaban J connectivity index is 2.91. The molecule has 1 unspecified atom stereocenters. The van der Waals surface area contributed by atoms with Gasteiger partial charge in [-0.05, 0) is 6.42 Å². The Labute approximate surface area is 115 Å². The van der Waals surface area contributed by atoms with E-state index in [1.54, 1.807) is 0 Å². The summed E-state index contributed by atoms with van der Waals surface area (Å²) in [5, 5.41) is 13.2. The maximum atomic E-state index is 12.3. The molecule has 0 aliphatic rings. The summed E-state index contributed by atoms with van der Waals surface area (Å²) in [5.74, 6) is -0.384. The lowest BCUT2D eigenvalue weighted by Gasteiger charge is -2.26. The van der Waals surface area contributed by atoms with Crippen LogP contribution >= 0.6 is 7.26 Å². The van der Waals surface area contributed by atoms with Gasteiger partial charge in [0.05, 0.1) is 38.5 Å². The molecule has 0 heterocycles. The van der Waals surface area contributed by atoms with Gasteiger partial charge in [0.25, 0.3) is 0 Å². The van der Waals surface area contributed by atoms with Crippen molar-refractivity contribution in [2.45, 2.75) is 12.5 Å². The first kappa shape index (κ1) is 15.9. The average Bonchev–Trinajstić information content (AvgIpc) is 2.37. The van der Waals surface area contributed by atoms with Gasteiger partial charge in [-0.25, -0.2) is 4.79 Å². The highest BCUT2D eigenvalue weighted by atomic mass is 31.2. The second-order valence-corrected chi connectivity index (χ2v) is 9.87. The number of esters is 1. The lowest BCUT2D eigenvalue weighted by atomic mass is 10.1. The van der Waals surface area contributed by atoms with Gasteiger partial charge in [0.2, 0.25) is 0 Å². The predicted molar refractivity (Wildman–Crippen MR) is 78.6 cm³/mol. The normalized spacial score (nSPS) is 14.1. The fraction of sp³-hybridized carbons (Fsp3) is 0.400. The Morgan fingerprint density at radius 2 is 1.89 bits per heavy atom. The molecule has 104 valence electrons. The van der Waals surface area contributed by atoms with Crippen molar-refractivity contribution >= 4 is 13.2 Å². The Morgan fingerprint density at radius 3 is 2.37 bits per heavy atom. The second-order valence-electron chi connectivity index (χ2n) is 5.27. The van der Waals surface area contributed by atoms with E-state index in [1.807, 2.05) is 30.3 Å². The average molecular weight is 280 g/mol. The van der Waals surface area contributed by atoms with E-state index in [0.29, 0.717) is 6.42 Å². The van der Waals surface area contributed by atoms with E-state index in [-0.39, 0.29) is 5.97 Å². The summed E-state index contributed by atoms with van der Waals surface area (Å²) in [6.07, 6.45) is 1.01. The van der Waals surface area contributed by atoms with Crippen LogP contribution in [0.3, 0.4) is 0 Å². The van der Waals surface area contributed by atoms with Gasteiger partial charge >= 0.3 is 5.97 Å². The molecular weight excluding hydrogens is 259 g/mol. The van der Waals surface area contributed by atoms with E-state index in [2.05, 4.69) is 24.7 Å². The minimum atomic E-state index is -1.41. The minimum Gasteiger partial charge on any atom is -0.848 e.